The van der Waals surface area contributed by atoms with Gasteiger partial charge in [0.1, 0.15) is 5.69 Å². The van der Waals surface area contributed by atoms with Crippen molar-refractivity contribution in [2.45, 2.75) is 0 Å². The van der Waals surface area contributed by atoms with E-state index in [1.54, 1.807) is 17.4 Å². The molecule has 0 atom stereocenters. The molecule has 1 aliphatic heterocycles. The molecule has 0 aliphatic carbocycles. The summed E-state index contributed by atoms with van der Waals surface area (Å²) in [5.41, 5.74) is 0.738. The van der Waals surface area contributed by atoms with E-state index in [4.69, 9.17) is 9.26 Å². The topological polar surface area (TPSA) is 67.6 Å². The molecule has 0 radical (unpaired) electrons. The van der Waals surface area contributed by atoms with Gasteiger partial charge in [-0.25, -0.2) is 0 Å². The normalized spacial score (nSPS) is 16.2. The Labute approximate surface area is 120 Å². The fourth-order valence-electron chi connectivity index (χ4n) is 2.01. The van der Waals surface area contributed by atoms with Crippen molar-refractivity contribution in [3.8, 4) is 10.6 Å². The first-order chi connectivity index (χ1) is 9.81. The van der Waals surface area contributed by atoms with Crippen LogP contribution in [-0.2, 0) is 9.53 Å². The number of ether oxygens (including phenoxy) is 1. The van der Waals surface area contributed by atoms with Gasteiger partial charge in [0.2, 0.25) is 11.8 Å². The molecule has 0 saturated carbocycles. The number of hydrogen-bond donors (Lipinski definition) is 1. The summed E-state index contributed by atoms with van der Waals surface area (Å²) >= 11 is 1.58. The van der Waals surface area contributed by atoms with E-state index in [0.717, 1.165) is 23.7 Å². The molecule has 2 aromatic heterocycles. The van der Waals surface area contributed by atoms with E-state index >= 15 is 0 Å². The second-order valence-electron chi connectivity index (χ2n) is 4.49. The number of thiophene rings is 1. The number of hydrogen-bond acceptors (Lipinski definition) is 6. The van der Waals surface area contributed by atoms with E-state index in [1.165, 1.54) is 0 Å². The summed E-state index contributed by atoms with van der Waals surface area (Å²) < 4.78 is 10.4. The van der Waals surface area contributed by atoms with Gasteiger partial charge in [0.15, 0.2) is 0 Å². The Hall–Kier alpha value is -1.70. The van der Waals surface area contributed by atoms with Gasteiger partial charge in [-0.05, 0) is 11.4 Å². The van der Waals surface area contributed by atoms with Gasteiger partial charge in [-0.15, -0.1) is 11.3 Å². The lowest BCUT2D eigenvalue weighted by atomic mass is 10.3. The summed E-state index contributed by atoms with van der Waals surface area (Å²) in [5.74, 6) is 0.285. The zero-order chi connectivity index (χ0) is 13.8. The molecular weight excluding hydrogens is 278 g/mol. The first-order valence-electron chi connectivity index (χ1n) is 6.42. The van der Waals surface area contributed by atoms with Crippen LogP contribution >= 0.6 is 11.3 Å². The number of anilines is 1. The highest BCUT2D eigenvalue weighted by Crippen LogP contribution is 2.25. The molecule has 3 heterocycles. The number of aromatic nitrogens is 1. The van der Waals surface area contributed by atoms with Crippen molar-refractivity contribution in [1.82, 2.24) is 10.1 Å². The Kier molecular flexibility index (Phi) is 4.10. The summed E-state index contributed by atoms with van der Waals surface area (Å²) in [6.45, 7) is 3.27. The molecule has 1 N–H and O–H groups in total. The van der Waals surface area contributed by atoms with Crippen LogP contribution in [0, 0.1) is 0 Å². The van der Waals surface area contributed by atoms with Crippen LogP contribution in [0.4, 0.5) is 5.88 Å². The van der Waals surface area contributed by atoms with E-state index in [1.807, 2.05) is 17.5 Å². The summed E-state index contributed by atoms with van der Waals surface area (Å²) in [6.07, 6.45) is 0. The van der Waals surface area contributed by atoms with Gasteiger partial charge in [0.05, 0.1) is 24.6 Å². The number of amides is 1. The Balaban J connectivity index is 1.56. The first-order valence-corrected chi connectivity index (χ1v) is 7.30. The van der Waals surface area contributed by atoms with Crippen molar-refractivity contribution < 1.29 is 14.1 Å². The van der Waals surface area contributed by atoms with Crippen LogP contribution in [0.25, 0.3) is 10.6 Å². The lowest BCUT2D eigenvalue weighted by Crippen LogP contribution is -2.41. The van der Waals surface area contributed by atoms with Crippen molar-refractivity contribution in [3.63, 3.8) is 0 Å². The van der Waals surface area contributed by atoms with Crippen molar-refractivity contribution in [2.75, 3.05) is 38.2 Å². The highest BCUT2D eigenvalue weighted by Gasteiger charge is 2.16. The minimum Gasteiger partial charge on any atom is -0.379 e. The first kappa shape index (κ1) is 13.3. The maximum Gasteiger partial charge on any atom is 0.240 e. The third kappa shape index (κ3) is 3.24. The predicted octanol–water partition coefficient (Wildman–Crippen LogP) is 1.67. The molecule has 0 unspecified atom stereocenters. The summed E-state index contributed by atoms with van der Waals surface area (Å²) in [7, 11) is 0. The largest absolute Gasteiger partial charge is 0.379 e. The molecule has 106 valence electrons. The van der Waals surface area contributed by atoms with Crippen molar-refractivity contribution in [1.29, 1.82) is 0 Å². The number of rotatable bonds is 4. The number of morpholine rings is 1. The molecule has 1 aliphatic rings. The molecule has 7 heteroatoms. The number of carbonyl (C=O) groups is 1. The predicted molar refractivity (Wildman–Crippen MR) is 75.7 cm³/mol. The SMILES string of the molecule is O=C(CN1CCOCC1)Nc1cc(-c2cccs2)no1. The lowest BCUT2D eigenvalue weighted by Gasteiger charge is -2.25. The molecule has 1 fully saturated rings. The van der Waals surface area contributed by atoms with E-state index in [0.29, 0.717) is 25.6 Å². The molecule has 3 rings (SSSR count). The average molecular weight is 293 g/mol. The van der Waals surface area contributed by atoms with Crippen LogP contribution in [0.1, 0.15) is 0 Å². The van der Waals surface area contributed by atoms with Crippen LogP contribution in [0.2, 0.25) is 0 Å². The minimum atomic E-state index is -0.0965. The molecular formula is C13H15N3O3S. The molecule has 0 bridgehead atoms. The Bertz CT molecular complexity index is 561. The maximum absolute atomic E-state index is 11.9. The fraction of sp³-hybridized carbons (Fsp3) is 0.385. The second-order valence-corrected chi connectivity index (χ2v) is 5.44. The molecule has 0 aromatic carbocycles. The van der Waals surface area contributed by atoms with Crippen LogP contribution in [0.3, 0.4) is 0 Å². The van der Waals surface area contributed by atoms with Crippen LogP contribution in [-0.4, -0.2) is 48.8 Å². The third-order valence-electron chi connectivity index (χ3n) is 3.02. The Morgan fingerprint density at radius 3 is 3.05 bits per heavy atom. The van der Waals surface area contributed by atoms with Crippen molar-refractivity contribution in [2.24, 2.45) is 0 Å². The second kappa shape index (κ2) is 6.17. The van der Waals surface area contributed by atoms with E-state index < -0.39 is 0 Å². The van der Waals surface area contributed by atoms with Crippen LogP contribution in [0.15, 0.2) is 28.1 Å². The molecule has 2 aromatic rings. The third-order valence-corrected chi connectivity index (χ3v) is 3.91. The van der Waals surface area contributed by atoms with E-state index in [9.17, 15) is 4.79 Å². The molecule has 20 heavy (non-hydrogen) atoms. The Morgan fingerprint density at radius 1 is 1.45 bits per heavy atom. The summed E-state index contributed by atoms with van der Waals surface area (Å²) in [6, 6.07) is 5.65. The molecule has 1 saturated heterocycles. The quantitative estimate of drug-likeness (QED) is 0.929. The average Bonchev–Trinajstić information content (AvgIpc) is 3.10. The van der Waals surface area contributed by atoms with E-state index in [2.05, 4.69) is 15.4 Å². The number of carbonyl (C=O) groups excluding carboxylic acids is 1. The number of nitrogens with zero attached hydrogens (tertiary/aromatic N) is 2. The maximum atomic E-state index is 11.9. The van der Waals surface area contributed by atoms with Gasteiger partial charge >= 0.3 is 0 Å². The van der Waals surface area contributed by atoms with Crippen molar-refractivity contribution >= 4 is 23.1 Å². The fourth-order valence-corrected chi connectivity index (χ4v) is 2.69. The van der Waals surface area contributed by atoms with Gasteiger partial charge in [-0.3, -0.25) is 15.0 Å². The minimum absolute atomic E-state index is 0.0965. The van der Waals surface area contributed by atoms with Crippen LogP contribution in [0.5, 0.6) is 0 Å². The van der Waals surface area contributed by atoms with Gasteiger partial charge in [-0.2, -0.15) is 0 Å². The Morgan fingerprint density at radius 2 is 2.30 bits per heavy atom. The van der Waals surface area contributed by atoms with Gasteiger partial charge in [0.25, 0.3) is 0 Å². The van der Waals surface area contributed by atoms with Gasteiger partial charge < -0.3 is 9.26 Å². The highest BCUT2D eigenvalue weighted by molar-refractivity contribution is 7.13. The van der Waals surface area contributed by atoms with Gasteiger partial charge in [0, 0.05) is 19.2 Å². The molecule has 1 amide bonds. The molecule has 6 nitrogen and oxygen atoms in total. The zero-order valence-corrected chi connectivity index (χ0v) is 11.7. The van der Waals surface area contributed by atoms with Crippen molar-refractivity contribution in [3.05, 3.63) is 23.6 Å². The molecule has 0 spiro atoms. The lowest BCUT2D eigenvalue weighted by molar-refractivity contribution is -0.118. The smallest absolute Gasteiger partial charge is 0.240 e. The number of nitrogens with one attached hydrogen (secondary N) is 1. The monoisotopic (exact) mass is 293 g/mol. The standard InChI is InChI=1S/C13H15N3O3S/c17-12(9-16-3-5-18-6-4-16)14-13-8-10(15-19-13)11-2-1-7-20-11/h1-2,7-8H,3-6,9H2,(H,14,17). The van der Waals surface area contributed by atoms with Gasteiger partial charge in [-0.1, -0.05) is 11.2 Å². The van der Waals surface area contributed by atoms with E-state index in [-0.39, 0.29) is 5.91 Å². The zero-order valence-electron chi connectivity index (χ0n) is 10.9. The summed E-state index contributed by atoms with van der Waals surface area (Å²) in [4.78, 5) is 15.0. The summed E-state index contributed by atoms with van der Waals surface area (Å²) in [5, 5.41) is 8.64. The highest BCUT2D eigenvalue weighted by atomic mass is 32.1. The van der Waals surface area contributed by atoms with Crippen LogP contribution < -0.4 is 5.32 Å².